The fourth-order valence-corrected chi connectivity index (χ4v) is 6.19. The maximum Gasteiger partial charge on any atom is 0.472 e. The lowest BCUT2D eigenvalue weighted by atomic mass is 10.1. The van der Waals surface area contributed by atoms with E-state index >= 15 is 0 Å². The number of likely N-dealkylation sites (N-methyl/N-ethyl adjacent to an activating group) is 1. The standard InChI is InChI=1S/C44H80NO8P/c1-6-8-10-12-14-15-16-17-18-19-20-21-22-24-29-33-38-50-43(41-53-54(48,49)52-39-37-45(3,4)5)40-51-44(47)36-32-28-25-27-31-35-42(46)34-30-26-23-13-11-9-7-2/h17-18,23,26,30,33-34,38,43H,6-16,19-22,24-25,27-29,31-32,35-37,39-41H2,1-5H3/p+1/b18-17-,26-23-,34-30+,38-33+/t43-/m1/s1. The summed E-state index contributed by atoms with van der Waals surface area (Å²) in [5, 5.41) is 0. The molecule has 0 heterocycles. The van der Waals surface area contributed by atoms with Crippen LogP contribution in [0, 0.1) is 0 Å². The highest BCUT2D eigenvalue weighted by Gasteiger charge is 2.25. The van der Waals surface area contributed by atoms with Crippen molar-refractivity contribution >= 4 is 19.6 Å². The molecular formula is C44H81NO8P+. The van der Waals surface area contributed by atoms with Crippen LogP contribution in [0.3, 0.4) is 0 Å². The van der Waals surface area contributed by atoms with Crippen LogP contribution in [-0.4, -0.2) is 74.7 Å². The molecule has 0 saturated carbocycles. The van der Waals surface area contributed by atoms with Crippen molar-refractivity contribution in [1.29, 1.82) is 0 Å². The molecule has 0 amide bonds. The van der Waals surface area contributed by atoms with Gasteiger partial charge in [-0.25, -0.2) is 4.57 Å². The molecule has 0 aliphatic rings. The number of phosphoric ester groups is 1. The van der Waals surface area contributed by atoms with Gasteiger partial charge in [-0.05, 0) is 76.4 Å². The van der Waals surface area contributed by atoms with Crippen molar-refractivity contribution in [2.24, 2.45) is 0 Å². The van der Waals surface area contributed by atoms with Gasteiger partial charge in [0.15, 0.2) is 11.9 Å². The summed E-state index contributed by atoms with van der Waals surface area (Å²) in [5.41, 5.74) is 0. The minimum absolute atomic E-state index is 0.0668. The summed E-state index contributed by atoms with van der Waals surface area (Å²) < 4.78 is 34.6. The highest BCUT2D eigenvalue weighted by atomic mass is 31.2. The molecule has 0 fully saturated rings. The molecule has 314 valence electrons. The first kappa shape index (κ1) is 52.0. The number of carbonyl (C=O) groups excluding carboxylic acids is 2. The van der Waals surface area contributed by atoms with Gasteiger partial charge in [0.05, 0.1) is 34.0 Å². The van der Waals surface area contributed by atoms with Crippen LogP contribution in [0.5, 0.6) is 0 Å². The first-order valence-electron chi connectivity index (χ1n) is 21.4. The molecule has 9 nitrogen and oxygen atoms in total. The Balaban J connectivity index is 4.41. The molecule has 0 bridgehead atoms. The number of esters is 1. The monoisotopic (exact) mass is 783 g/mol. The van der Waals surface area contributed by atoms with Gasteiger partial charge in [-0.1, -0.05) is 121 Å². The van der Waals surface area contributed by atoms with Crippen LogP contribution in [-0.2, 0) is 32.7 Å². The third-order valence-electron chi connectivity index (χ3n) is 8.93. The Morgan fingerprint density at radius 3 is 1.78 bits per heavy atom. The number of rotatable bonds is 39. The molecule has 0 rings (SSSR count). The zero-order valence-corrected chi connectivity index (χ0v) is 36.1. The van der Waals surface area contributed by atoms with E-state index < -0.39 is 13.9 Å². The van der Waals surface area contributed by atoms with Gasteiger partial charge in [-0.2, -0.15) is 0 Å². The minimum Gasteiger partial charge on any atom is -0.492 e. The number of unbranched alkanes of at least 4 members (excludes halogenated alkanes) is 18. The van der Waals surface area contributed by atoms with Crippen LogP contribution in [0.15, 0.2) is 48.8 Å². The number of ketones is 1. The zero-order chi connectivity index (χ0) is 40.0. The Bertz CT molecular complexity index is 1070. The van der Waals surface area contributed by atoms with Crippen molar-refractivity contribution in [2.75, 3.05) is 47.5 Å². The third-order valence-corrected chi connectivity index (χ3v) is 9.91. The van der Waals surface area contributed by atoms with E-state index in [1.54, 1.807) is 12.3 Å². The fourth-order valence-electron chi connectivity index (χ4n) is 5.45. The summed E-state index contributed by atoms with van der Waals surface area (Å²) >= 11 is 0. The highest BCUT2D eigenvalue weighted by molar-refractivity contribution is 7.47. The molecule has 0 spiro atoms. The number of ether oxygens (including phenoxy) is 2. The topological polar surface area (TPSA) is 108 Å². The molecule has 54 heavy (non-hydrogen) atoms. The molecule has 1 N–H and O–H groups in total. The Kier molecular flexibility index (Phi) is 35.2. The van der Waals surface area contributed by atoms with Gasteiger partial charge in [-0.15, -0.1) is 0 Å². The summed E-state index contributed by atoms with van der Waals surface area (Å²) in [7, 11) is 1.59. The summed E-state index contributed by atoms with van der Waals surface area (Å²) in [6.07, 6.45) is 40.6. The van der Waals surface area contributed by atoms with E-state index in [0.29, 0.717) is 23.9 Å². The van der Waals surface area contributed by atoms with Gasteiger partial charge in [0, 0.05) is 12.8 Å². The van der Waals surface area contributed by atoms with Crippen molar-refractivity contribution < 1.29 is 42.1 Å². The summed E-state index contributed by atoms with van der Waals surface area (Å²) in [4.78, 5) is 34.7. The SMILES string of the molecule is CCCCC/C=C\C=C\C(=O)CCCCCCCC(=O)OC[C@H](COP(=O)(O)OCC[N+](C)(C)C)O/C=C/CCCCCC/C=C\CCCCCCCC. The Labute approximate surface area is 331 Å². The van der Waals surface area contributed by atoms with Crippen LogP contribution in [0.2, 0.25) is 0 Å². The van der Waals surface area contributed by atoms with E-state index in [2.05, 4.69) is 32.1 Å². The quantitative estimate of drug-likeness (QED) is 0.00959. The van der Waals surface area contributed by atoms with Crippen molar-refractivity contribution in [3.63, 3.8) is 0 Å². The Hall–Kier alpha value is -2.03. The van der Waals surface area contributed by atoms with Crippen LogP contribution < -0.4 is 0 Å². The summed E-state index contributed by atoms with van der Waals surface area (Å²) in [5.74, 6) is -0.201. The van der Waals surface area contributed by atoms with Gasteiger partial charge in [0.25, 0.3) is 0 Å². The van der Waals surface area contributed by atoms with Gasteiger partial charge in [-0.3, -0.25) is 18.6 Å². The molecule has 0 aromatic carbocycles. The molecular weight excluding hydrogens is 701 g/mol. The summed E-state index contributed by atoms with van der Waals surface area (Å²) in [6, 6.07) is 0. The molecule has 1 unspecified atom stereocenters. The lowest BCUT2D eigenvalue weighted by Crippen LogP contribution is -2.37. The molecule has 10 heteroatoms. The van der Waals surface area contributed by atoms with Crippen molar-refractivity contribution in [1.82, 2.24) is 0 Å². The second-order valence-electron chi connectivity index (χ2n) is 15.5. The highest BCUT2D eigenvalue weighted by Crippen LogP contribution is 2.43. The molecule has 0 radical (unpaired) electrons. The smallest absolute Gasteiger partial charge is 0.472 e. The first-order chi connectivity index (χ1) is 26.0. The molecule has 0 aromatic rings. The Morgan fingerprint density at radius 1 is 0.630 bits per heavy atom. The van der Waals surface area contributed by atoms with Crippen molar-refractivity contribution in [3.8, 4) is 0 Å². The van der Waals surface area contributed by atoms with Crippen molar-refractivity contribution in [3.05, 3.63) is 48.8 Å². The van der Waals surface area contributed by atoms with Gasteiger partial charge >= 0.3 is 13.8 Å². The lowest BCUT2D eigenvalue weighted by molar-refractivity contribution is -0.870. The molecule has 2 atom stereocenters. The van der Waals surface area contributed by atoms with Crippen LogP contribution in [0.1, 0.15) is 168 Å². The van der Waals surface area contributed by atoms with E-state index in [-0.39, 0.29) is 38.0 Å². The van der Waals surface area contributed by atoms with E-state index in [9.17, 15) is 19.0 Å². The Morgan fingerprint density at radius 2 is 1.15 bits per heavy atom. The lowest BCUT2D eigenvalue weighted by Gasteiger charge is -2.24. The number of hydrogen-bond acceptors (Lipinski definition) is 7. The summed E-state index contributed by atoms with van der Waals surface area (Å²) in [6.45, 7) is 4.69. The number of hydrogen-bond donors (Lipinski definition) is 1. The second kappa shape index (κ2) is 36.6. The van der Waals surface area contributed by atoms with E-state index in [1.165, 1.54) is 77.0 Å². The zero-order valence-electron chi connectivity index (χ0n) is 35.2. The average molecular weight is 783 g/mol. The maximum atomic E-state index is 12.5. The van der Waals surface area contributed by atoms with Crippen LogP contribution in [0.4, 0.5) is 0 Å². The van der Waals surface area contributed by atoms with Gasteiger partial charge in [0.2, 0.25) is 0 Å². The number of phosphoric acid groups is 1. The molecule has 0 saturated heterocycles. The molecule has 0 aromatic heterocycles. The van der Waals surface area contributed by atoms with Gasteiger partial charge < -0.3 is 18.9 Å². The average Bonchev–Trinajstić information content (AvgIpc) is 3.12. The predicted molar refractivity (Wildman–Crippen MR) is 224 cm³/mol. The maximum absolute atomic E-state index is 12.5. The fraction of sp³-hybridized carbons (Fsp3) is 0.773. The van der Waals surface area contributed by atoms with Crippen LogP contribution in [0.25, 0.3) is 0 Å². The first-order valence-corrected chi connectivity index (χ1v) is 22.9. The number of carbonyl (C=O) groups is 2. The van der Waals surface area contributed by atoms with Crippen molar-refractivity contribution in [2.45, 2.75) is 174 Å². The normalized spacial score (nSPS) is 14.1. The van der Waals surface area contributed by atoms with E-state index in [1.807, 2.05) is 39.4 Å². The predicted octanol–water partition coefficient (Wildman–Crippen LogP) is 11.9. The minimum atomic E-state index is -4.29. The third kappa shape index (κ3) is 39.7. The number of allylic oxidation sites excluding steroid dienone is 7. The molecule has 0 aliphatic carbocycles. The van der Waals surface area contributed by atoms with E-state index in [0.717, 1.165) is 57.8 Å². The number of quaternary nitrogens is 1. The number of nitrogens with zero attached hydrogens (tertiary/aromatic N) is 1. The van der Waals surface area contributed by atoms with Crippen LogP contribution >= 0.6 is 7.82 Å². The largest absolute Gasteiger partial charge is 0.492 e. The second-order valence-corrected chi connectivity index (χ2v) is 16.9. The van der Waals surface area contributed by atoms with Gasteiger partial charge in [0.1, 0.15) is 19.8 Å². The van der Waals surface area contributed by atoms with E-state index in [4.69, 9.17) is 18.5 Å². The molecule has 0 aliphatic heterocycles.